The van der Waals surface area contributed by atoms with Crippen LogP contribution in [-0.2, 0) is 24.7 Å². The Hall–Kier alpha value is -0.677. The van der Waals surface area contributed by atoms with Crippen molar-refractivity contribution in [3.05, 3.63) is 72.9 Å². The summed E-state index contributed by atoms with van der Waals surface area (Å²) in [5.41, 5.74) is 0. The van der Waals surface area contributed by atoms with Crippen molar-refractivity contribution in [2.24, 2.45) is 47.3 Å². The van der Waals surface area contributed by atoms with Crippen molar-refractivity contribution in [1.29, 1.82) is 0 Å². The zero-order chi connectivity index (χ0) is 14.7. The van der Waals surface area contributed by atoms with E-state index in [0.717, 1.165) is 39.1 Å². The molecule has 0 aromatic rings. The molecular formula is C21H21Zr. The van der Waals surface area contributed by atoms with Crippen LogP contribution < -0.4 is 0 Å². The number of allylic oxidation sites excluding steroid dienone is 12. The summed E-state index contributed by atoms with van der Waals surface area (Å²) in [7, 11) is 0. The zero-order valence-corrected chi connectivity index (χ0v) is 15.1. The predicted octanol–water partition coefficient (Wildman–Crippen LogP) is 4.66. The molecule has 0 aromatic carbocycles. The number of hydrogen-bond acceptors (Lipinski definition) is 0. The molecule has 2 saturated carbocycles. The molecule has 0 N–H and O–H groups in total. The first-order valence-electron chi connectivity index (χ1n) is 8.62. The van der Waals surface area contributed by atoms with Gasteiger partial charge in [0.2, 0.25) is 0 Å². The fourth-order valence-corrected chi connectivity index (χ4v) is 7.88. The van der Waals surface area contributed by atoms with Gasteiger partial charge in [0.15, 0.2) is 0 Å². The molecule has 0 heterocycles. The van der Waals surface area contributed by atoms with Gasteiger partial charge in [0.05, 0.1) is 0 Å². The molecule has 0 amide bonds. The van der Waals surface area contributed by atoms with Gasteiger partial charge in [-0.1, -0.05) is 0 Å². The van der Waals surface area contributed by atoms with E-state index in [2.05, 4.69) is 72.9 Å². The standard InChI is InChI=1S/C21H21.Zr/c1-2-8-15-14(7-1)13-20-18-11-4-3-9-16(18)17-10-5-6-12-19(17)21(15)20;/h1-21H;. The summed E-state index contributed by atoms with van der Waals surface area (Å²) in [5, 5.41) is 0. The van der Waals surface area contributed by atoms with E-state index >= 15 is 0 Å². The van der Waals surface area contributed by atoms with Crippen molar-refractivity contribution < 1.29 is 24.7 Å². The van der Waals surface area contributed by atoms with E-state index in [-0.39, 0.29) is 0 Å². The Morgan fingerprint density at radius 3 is 1.32 bits per heavy atom. The molecule has 0 aliphatic heterocycles. The Kier molecular flexibility index (Phi) is 3.23. The van der Waals surface area contributed by atoms with Crippen LogP contribution >= 0.6 is 0 Å². The van der Waals surface area contributed by atoms with Gasteiger partial charge >= 0.3 is 149 Å². The normalized spacial score (nSPS) is 53.0. The molecule has 9 unspecified atom stereocenters. The summed E-state index contributed by atoms with van der Waals surface area (Å²) in [4.78, 5) is 0. The van der Waals surface area contributed by atoms with E-state index in [1.54, 1.807) is 24.7 Å². The molecule has 5 aliphatic carbocycles. The molecule has 5 aliphatic rings. The van der Waals surface area contributed by atoms with Crippen LogP contribution in [-0.4, -0.2) is 0 Å². The summed E-state index contributed by atoms with van der Waals surface area (Å²) in [6.45, 7) is 0. The summed E-state index contributed by atoms with van der Waals surface area (Å²) in [5.74, 6) is 6.17. The average molecular weight is 365 g/mol. The second-order valence-corrected chi connectivity index (χ2v) is 9.09. The van der Waals surface area contributed by atoms with Gasteiger partial charge in [-0.3, -0.25) is 0 Å². The second-order valence-electron chi connectivity index (χ2n) is 7.45. The van der Waals surface area contributed by atoms with Crippen LogP contribution in [0, 0.1) is 47.3 Å². The molecule has 1 heteroatoms. The van der Waals surface area contributed by atoms with Gasteiger partial charge < -0.3 is 0 Å². The Morgan fingerprint density at radius 2 is 0.773 bits per heavy atom. The first kappa shape index (κ1) is 13.7. The van der Waals surface area contributed by atoms with Crippen molar-refractivity contribution in [2.45, 2.75) is 3.63 Å². The molecule has 0 bridgehead atoms. The van der Waals surface area contributed by atoms with Gasteiger partial charge in [0, 0.05) is 0 Å². The topological polar surface area (TPSA) is 0 Å². The van der Waals surface area contributed by atoms with Gasteiger partial charge in [-0.15, -0.1) is 0 Å². The summed E-state index contributed by atoms with van der Waals surface area (Å²) >= 11 is 1.74. The van der Waals surface area contributed by atoms with E-state index < -0.39 is 0 Å². The molecule has 0 aromatic heterocycles. The van der Waals surface area contributed by atoms with Gasteiger partial charge in [-0.2, -0.15) is 0 Å². The predicted molar refractivity (Wildman–Crippen MR) is 86.5 cm³/mol. The summed E-state index contributed by atoms with van der Waals surface area (Å²) < 4.78 is 0.882. The second kappa shape index (κ2) is 5.17. The van der Waals surface area contributed by atoms with Crippen molar-refractivity contribution in [3.63, 3.8) is 0 Å². The number of fused-ring (bicyclic) bond motifs is 8. The molecule has 5 rings (SSSR count). The zero-order valence-electron chi connectivity index (χ0n) is 12.6. The van der Waals surface area contributed by atoms with Gasteiger partial charge in [0.25, 0.3) is 0 Å². The summed E-state index contributed by atoms with van der Waals surface area (Å²) in [6.07, 6.45) is 28.8. The number of rotatable bonds is 0. The Labute approximate surface area is 148 Å². The van der Waals surface area contributed by atoms with Crippen LogP contribution in [0.15, 0.2) is 72.9 Å². The maximum atomic E-state index is 2.53. The molecule has 9 atom stereocenters. The Bertz CT molecular complexity index is 647. The van der Waals surface area contributed by atoms with Crippen LogP contribution in [0.3, 0.4) is 0 Å². The first-order valence-corrected chi connectivity index (χ1v) is 10.0. The van der Waals surface area contributed by atoms with E-state index in [1.807, 2.05) is 0 Å². The third-order valence-electron chi connectivity index (χ3n) is 6.72. The fourth-order valence-electron chi connectivity index (χ4n) is 5.97. The monoisotopic (exact) mass is 363 g/mol. The maximum absolute atomic E-state index is 2.53. The molecule has 0 nitrogen and oxygen atoms in total. The molecule has 22 heavy (non-hydrogen) atoms. The Balaban J connectivity index is 1.64. The van der Waals surface area contributed by atoms with Crippen molar-refractivity contribution in [3.8, 4) is 0 Å². The van der Waals surface area contributed by atoms with Gasteiger partial charge in [-0.25, -0.2) is 0 Å². The Morgan fingerprint density at radius 1 is 0.409 bits per heavy atom. The van der Waals surface area contributed by atoms with E-state index in [9.17, 15) is 0 Å². The molecule has 0 saturated heterocycles. The van der Waals surface area contributed by atoms with Gasteiger partial charge in [-0.05, 0) is 0 Å². The molecule has 109 valence electrons. The van der Waals surface area contributed by atoms with Crippen LogP contribution in [0.4, 0.5) is 0 Å². The molecule has 2 fully saturated rings. The minimum atomic E-state index is 0.707. The van der Waals surface area contributed by atoms with E-state index in [1.165, 1.54) is 0 Å². The van der Waals surface area contributed by atoms with Crippen molar-refractivity contribution >= 4 is 0 Å². The molecule has 0 radical (unpaired) electrons. The first-order chi connectivity index (χ1) is 10.9. The molecule has 0 spiro atoms. The van der Waals surface area contributed by atoms with Crippen molar-refractivity contribution in [2.75, 3.05) is 0 Å². The van der Waals surface area contributed by atoms with Crippen molar-refractivity contribution in [1.82, 2.24) is 0 Å². The van der Waals surface area contributed by atoms with E-state index in [4.69, 9.17) is 0 Å². The van der Waals surface area contributed by atoms with Crippen LogP contribution in [0.25, 0.3) is 0 Å². The average Bonchev–Trinajstić information content (AvgIpc) is 2.89. The number of hydrogen-bond donors (Lipinski definition) is 0. The van der Waals surface area contributed by atoms with Crippen LogP contribution in [0.1, 0.15) is 0 Å². The quantitative estimate of drug-likeness (QED) is 0.586. The van der Waals surface area contributed by atoms with Gasteiger partial charge in [0.1, 0.15) is 0 Å². The SMILES string of the molecule is [Zr][CH]1C2C=CC=CC2C2C3C=CC=CC3C3C=CC=CC3C12. The summed E-state index contributed by atoms with van der Waals surface area (Å²) in [6, 6.07) is 0. The third kappa shape index (κ3) is 1.78. The van der Waals surface area contributed by atoms with Crippen LogP contribution in [0.2, 0.25) is 3.63 Å². The fraction of sp³-hybridized carbons (Fsp3) is 0.429. The third-order valence-corrected chi connectivity index (χ3v) is 8.61. The minimum absolute atomic E-state index is 0.707. The van der Waals surface area contributed by atoms with E-state index in [0.29, 0.717) is 11.8 Å². The van der Waals surface area contributed by atoms with Crippen LogP contribution in [0.5, 0.6) is 0 Å². The molecular weight excluding hydrogens is 343 g/mol.